The first-order valence-corrected chi connectivity index (χ1v) is 7.19. The summed E-state index contributed by atoms with van der Waals surface area (Å²) in [5.41, 5.74) is 1.58. The summed E-state index contributed by atoms with van der Waals surface area (Å²) in [5.74, 6) is -2.39. The molecule has 23 heavy (non-hydrogen) atoms. The molecule has 0 aromatic heterocycles. The maximum absolute atomic E-state index is 12.2. The topological polar surface area (TPSA) is 64.6 Å². The average Bonchev–Trinajstić information content (AvgIpc) is 2.62. The van der Waals surface area contributed by atoms with Gasteiger partial charge in [-0.2, -0.15) is 0 Å². The van der Waals surface area contributed by atoms with Gasteiger partial charge in [0.25, 0.3) is 0 Å². The van der Waals surface area contributed by atoms with Gasteiger partial charge in [-0.1, -0.05) is 48.5 Å². The monoisotopic (exact) mass is 313 g/mol. The maximum Gasteiger partial charge on any atom is 0.322 e. The van der Waals surface area contributed by atoms with Crippen molar-refractivity contribution < 1.29 is 19.1 Å². The first kappa shape index (κ1) is 16.5. The van der Waals surface area contributed by atoms with Crippen LogP contribution in [-0.4, -0.2) is 26.2 Å². The van der Waals surface area contributed by atoms with Crippen LogP contribution in [0.25, 0.3) is 0 Å². The van der Waals surface area contributed by atoms with E-state index in [4.69, 9.17) is 9.47 Å². The van der Waals surface area contributed by atoms with Gasteiger partial charge in [-0.25, -0.2) is 0 Å². The normalized spacial score (nSPS) is 11.6. The van der Waals surface area contributed by atoms with Crippen LogP contribution in [0.3, 0.4) is 0 Å². The van der Waals surface area contributed by atoms with Crippen LogP contribution >= 0.6 is 0 Å². The standard InChI is InChI=1S/C18H19NO4/c1-22-17(20)15(18(21)23-2)16(13-9-5-3-6-10-13)19-14-11-7-4-8-12-14/h3-12,15-16,19H,1-2H3/t16-/m0/s1. The molecule has 1 atom stereocenters. The van der Waals surface area contributed by atoms with Crippen molar-refractivity contribution in [3.63, 3.8) is 0 Å². The zero-order valence-corrected chi connectivity index (χ0v) is 13.1. The number of rotatable bonds is 6. The van der Waals surface area contributed by atoms with E-state index in [1.54, 1.807) is 0 Å². The Bertz CT molecular complexity index is 627. The summed E-state index contributed by atoms with van der Waals surface area (Å²) in [4.78, 5) is 24.3. The number of esters is 2. The molecule has 0 amide bonds. The zero-order valence-electron chi connectivity index (χ0n) is 13.1. The van der Waals surface area contributed by atoms with Gasteiger partial charge >= 0.3 is 11.9 Å². The van der Waals surface area contributed by atoms with E-state index in [1.165, 1.54) is 14.2 Å². The number of ether oxygens (including phenoxy) is 2. The van der Waals surface area contributed by atoms with Crippen LogP contribution in [0.2, 0.25) is 0 Å². The van der Waals surface area contributed by atoms with E-state index in [9.17, 15) is 9.59 Å². The fourth-order valence-corrected chi connectivity index (χ4v) is 2.36. The molecule has 120 valence electrons. The quantitative estimate of drug-likeness (QED) is 0.656. The SMILES string of the molecule is COC(=O)C(C(=O)OC)[C@@H](Nc1ccccc1)c1ccccc1. The van der Waals surface area contributed by atoms with Crippen LogP contribution in [0, 0.1) is 5.92 Å². The van der Waals surface area contributed by atoms with Gasteiger partial charge < -0.3 is 14.8 Å². The van der Waals surface area contributed by atoms with Crippen molar-refractivity contribution >= 4 is 17.6 Å². The second-order valence-electron chi connectivity index (χ2n) is 4.92. The van der Waals surface area contributed by atoms with Crippen LogP contribution in [0.4, 0.5) is 5.69 Å². The average molecular weight is 313 g/mol. The Kier molecular flexibility index (Phi) is 5.74. The number of anilines is 1. The van der Waals surface area contributed by atoms with Crippen molar-refractivity contribution in [3.05, 3.63) is 66.2 Å². The second kappa shape index (κ2) is 7.98. The van der Waals surface area contributed by atoms with Gasteiger partial charge in [0.05, 0.1) is 20.3 Å². The number of hydrogen-bond donors (Lipinski definition) is 1. The van der Waals surface area contributed by atoms with Crippen LogP contribution < -0.4 is 5.32 Å². The number of methoxy groups -OCH3 is 2. The number of benzene rings is 2. The zero-order chi connectivity index (χ0) is 16.7. The molecule has 0 aliphatic heterocycles. The van der Waals surface area contributed by atoms with E-state index in [-0.39, 0.29) is 0 Å². The lowest BCUT2D eigenvalue weighted by atomic mass is 9.92. The van der Waals surface area contributed by atoms with E-state index >= 15 is 0 Å². The molecule has 0 saturated heterocycles. The number of para-hydroxylation sites is 1. The molecule has 0 heterocycles. The second-order valence-corrected chi connectivity index (χ2v) is 4.92. The highest BCUT2D eigenvalue weighted by Gasteiger charge is 2.38. The van der Waals surface area contributed by atoms with Gasteiger partial charge in [-0.3, -0.25) is 9.59 Å². The van der Waals surface area contributed by atoms with Crippen LogP contribution in [0.5, 0.6) is 0 Å². The Morgan fingerprint density at radius 2 is 1.30 bits per heavy atom. The number of carbonyl (C=O) groups is 2. The van der Waals surface area contributed by atoms with Crippen LogP contribution in [0.15, 0.2) is 60.7 Å². The van der Waals surface area contributed by atoms with E-state index in [2.05, 4.69) is 5.32 Å². The van der Waals surface area contributed by atoms with Crippen molar-refractivity contribution in [2.45, 2.75) is 6.04 Å². The van der Waals surface area contributed by atoms with Gasteiger partial charge in [0.2, 0.25) is 0 Å². The molecule has 1 N–H and O–H groups in total. The third kappa shape index (κ3) is 4.10. The van der Waals surface area contributed by atoms with Crippen molar-refractivity contribution in [3.8, 4) is 0 Å². The smallest absolute Gasteiger partial charge is 0.322 e. The summed E-state index contributed by atoms with van der Waals surface area (Å²) < 4.78 is 9.59. The van der Waals surface area contributed by atoms with Gasteiger partial charge in [0.1, 0.15) is 0 Å². The molecule has 0 fully saturated rings. The molecule has 0 aliphatic carbocycles. The minimum absolute atomic E-state index is 0.599. The Labute approximate surface area is 135 Å². The highest BCUT2D eigenvalue weighted by atomic mass is 16.5. The first-order chi connectivity index (χ1) is 11.2. The molecule has 0 saturated carbocycles. The third-order valence-electron chi connectivity index (χ3n) is 3.50. The van der Waals surface area contributed by atoms with Gasteiger partial charge in [0.15, 0.2) is 5.92 Å². The largest absolute Gasteiger partial charge is 0.468 e. The minimum atomic E-state index is -1.10. The lowest BCUT2D eigenvalue weighted by Crippen LogP contribution is -2.35. The molecule has 2 rings (SSSR count). The highest BCUT2D eigenvalue weighted by molar-refractivity contribution is 5.96. The molecule has 5 heteroatoms. The summed E-state index contributed by atoms with van der Waals surface area (Å²) in [6, 6.07) is 18.0. The molecule has 0 unspecified atom stereocenters. The van der Waals surface area contributed by atoms with Crippen LogP contribution in [-0.2, 0) is 19.1 Å². The number of hydrogen-bond acceptors (Lipinski definition) is 5. The number of nitrogens with one attached hydrogen (secondary N) is 1. The molecule has 2 aromatic rings. The van der Waals surface area contributed by atoms with Crippen molar-refractivity contribution in [2.75, 3.05) is 19.5 Å². The van der Waals surface area contributed by atoms with E-state index in [0.29, 0.717) is 0 Å². The highest BCUT2D eigenvalue weighted by Crippen LogP contribution is 2.28. The maximum atomic E-state index is 12.2. The van der Waals surface area contributed by atoms with Gasteiger partial charge in [-0.15, -0.1) is 0 Å². The van der Waals surface area contributed by atoms with E-state index in [1.807, 2.05) is 60.7 Å². The van der Waals surface area contributed by atoms with Gasteiger partial charge in [0, 0.05) is 5.69 Å². The lowest BCUT2D eigenvalue weighted by molar-refractivity contribution is -0.159. The first-order valence-electron chi connectivity index (χ1n) is 7.19. The van der Waals surface area contributed by atoms with Crippen LogP contribution in [0.1, 0.15) is 11.6 Å². The Morgan fingerprint density at radius 3 is 1.78 bits per heavy atom. The fraction of sp³-hybridized carbons (Fsp3) is 0.222. The summed E-state index contributed by atoms with van der Waals surface area (Å²) in [5, 5.41) is 3.22. The molecule has 0 bridgehead atoms. The molecule has 0 radical (unpaired) electrons. The summed E-state index contributed by atoms with van der Waals surface area (Å²) in [6.07, 6.45) is 0. The molecule has 0 spiro atoms. The van der Waals surface area contributed by atoms with E-state index < -0.39 is 23.9 Å². The summed E-state index contributed by atoms with van der Waals surface area (Å²) in [7, 11) is 2.51. The van der Waals surface area contributed by atoms with Crippen molar-refractivity contribution in [2.24, 2.45) is 5.92 Å². The third-order valence-corrected chi connectivity index (χ3v) is 3.50. The molecular weight excluding hydrogens is 294 g/mol. The Balaban J connectivity index is 2.42. The predicted octanol–water partition coefficient (Wildman–Crippen LogP) is 2.80. The molecule has 0 aliphatic rings. The Hall–Kier alpha value is -2.82. The van der Waals surface area contributed by atoms with E-state index in [0.717, 1.165) is 11.3 Å². The van der Waals surface area contributed by atoms with Gasteiger partial charge in [-0.05, 0) is 17.7 Å². The predicted molar refractivity (Wildman–Crippen MR) is 86.8 cm³/mol. The minimum Gasteiger partial charge on any atom is -0.468 e. The summed E-state index contributed by atoms with van der Waals surface area (Å²) in [6.45, 7) is 0. The molecular formula is C18H19NO4. The van der Waals surface area contributed by atoms with Crippen molar-refractivity contribution in [1.82, 2.24) is 0 Å². The Morgan fingerprint density at radius 1 is 0.826 bits per heavy atom. The van der Waals surface area contributed by atoms with Crippen molar-refractivity contribution in [1.29, 1.82) is 0 Å². The lowest BCUT2D eigenvalue weighted by Gasteiger charge is -2.26. The fourth-order valence-electron chi connectivity index (χ4n) is 2.36. The summed E-state index contributed by atoms with van der Waals surface area (Å²) >= 11 is 0. The molecule has 2 aromatic carbocycles. The molecule has 5 nitrogen and oxygen atoms in total. The number of carbonyl (C=O) groups excluding carboxylic acids is 2.